The van der Waals surface area contributed by atoms with Crippen molar-refractivity contribution in [2.24, 2.45) is 0 Å². The van der Waals surface area contributed by atoms with E-state index in [1.165, 1.54) is 0 Å². The van der Waals surface area contributed by atoms with E-state index < -0.39 is 54.1 Å². The number of carbonyl (C=O) groups excluding carboxylic acids is 1. The highest BCUT2D eigenvalue weighted by atomic mass is 19.3. The molecule has 0 amide bonds. The summed E-state index contributed by atoms with van der Waals surface area (Å²) in [6.07, 6.45) is -6.45. The summed E-state index contributed by atoms with van der Waals surface area (Å²) in [7, 11) is 0. The molecule has 1 aliphatic rings. The number of hydrogen-bond acceptors (Lipinski definition) is 7. The third-order valence-corrected chi connectivity index (χ3v) is 6.11. The average Bonchev–Trinajstić information content (AvgIpc) is 3.15. The number of aromatic amines is 1. The Morgan fingerprint density at radius 2 is 1.66 bits per heavy atom. The van der Waals surface area contributed by atoms with Gasteiger partial charge in [-0.15, -0.1) is 0 Å². The molecule has 2 aromatic carbocycles. The van der Waals surface area contributed by atoms with Crippen molar-refractivity contribution < 1.29 is 32.5 Å². The second kappa shape index (κ2) is 12.2. The van der Waals surface area contributed by atoms with Crippen LogP contribution in [0, 0.1) is 0 Å². The van der Waals surface area contributed by atoms with Crippen LogP contribution in [-0.2, 0) is 37.0 Å². The standard InChI is InChI=1S/C27H28F2N2O7/c1-18(32)37-23-24(36-16-20-10-6-3-7-11-20)27(14-21(28)29,17-35-15-19-8-4-2-5-9-19)38-25(23)31-13-12-22(33)30-26(31)34/h2-13,21,23-25H,14-17H2,1H3,(H,30,33,34)/t23-,24+,25-,27-/m1/s1. The van der Waals surface area contributed by atoms with Gasteiger partial charge in [-0.25, -0.2) is 13.6 Å². The van der Waals surface area contributed by atoms with Crippen molar-refractivity contribution in [1.29, 1.82) is 0 Å². The van der Waals surface area contributed by atoms with E-state index >= 15 is 0 Å². The third-order valence-electron chi connectivity index (χ3n) is 6.11. The Labute approximate surface area is 216 Å². The van der Waals surface area contributed by atoms with Crippen molar-refractivity contribution in [3.05, 3.63) is 105 Å². The van der Waals surface area contributed by atoms with Crippen LogP contribution in [-0.4, -0.2) is 46.4 Å². The number of halogens is 2. The summed E-state index contributed by atoms with van der Waals surface area (Å²) >= 11 is 0. The zero-order valence-corrected chi connectivity index (χ0v) is 20.6. The number of benzene rings is 2. The maximum Gasteiger partial charge on any atom is 0.330 e. The Hall–Kier alpha value is -3.67. The molecule has 38 heavy (non-hydrogen) atoms. The summed E-state index contributed by atoms with van der Waals surface area (Å²) in [6.45, 7) is 0.893. The average molecular weight is 531 g/mol. The van der Waals surface area contributed by atoms with E-state index in [-0.39, 0.29) is 19.8 Å². The second-order valence-corrected chi connectivity index (χ2v) is 8.96. The number of carbonyl (C=O) groups is 1. The summed E-state index contributed by atoms with van der Waals surface area (Å²) < 4.78 is 52.8. The van der Waals surface area contributed by atoms with E-state index in [1.807, 2.05) is 36.4 Å². The molecule has 0 spiro atoms. The molecule has 1 N–H and O–H groups in total. The minimum atomic E-state index is -2.85. The van der Waals surface area contributed by atoms with Gasteiger partial charge >= 0.3 is 11.7 Å². The van der Waals surface area contributed by atoms with E-state index in [2.05, 4.69) is 4.98 Å². The molecule has 1 aromatic heterocycles. The Kier molecular flexibility index (Phi) is 8.82. The van der Waals surface area contributed by atoms with E-state index in [4.69, 9.17) is 18.9 Å². The molecule has 4 rings (SSSR count). The van der Waals surface area contributed by atoms with Crippen molar-refractivity contribution in [3.63, 3.8) is 0 Å². The van der Waals surface area contributed by atoms with Crippen molar-refractivity contribution in [1.82, 2.24) is 9.55 Å². The first-order valence-electron chi connectivity index (χ1n) is 12.0. The molecule has 0 bridgehead atoms. The van der Waals surface area contributed by atoms with E-state index in [0.29, 0.717) is 0 Å². The molecule has 2 heterocycles. The molecule has 0 radical (unpaired) electrons. The number of esters is 1. The van der Waals surface area contributed by atoms with E-state index in [0.717, 1.165) is 34.9 Å². The van der Waals surface area contributed by atoms with Gasteiger partial charge in [0.25, 0.3) is 5.56 Å². The zero-order valence-electron chi connectivity index (χ0n) is 20.6. The smallest absolute Gasteiger partial charge is 0.330 e. The molecule has 1 saturated heterocycles. The zero-order chi connectivity index (χ0) is 27.1. The topological polar surface area (TPSA) is 109 Å². The Morgan fingerprint density at radius 1 is 1.03 bits per heavy atom. The summed E-state index contributed by atoms with van der Waals surface area (Å²) in [4.78, 5) is 38.5. The van der Waals surface area contributed by atoms with Gasteiger partial charge < -0.3 is 18.9 Å². The molecule has 0 aliphatic carbocycles. The molecule has 0 unspecified atom stereocenters. The fourth-order valence-corrected chi connectivity index (χ4v) is 4.50. The second-order valence-electron chi connectivity index (χ2n) is 8.96. The Balaban J connectivity index is 1.73. The van der Waals surface area contributed by atoms with Crippen molar-refractivity contribution >= 4 is 5.97 Å². The summed E-state index contributed by atoms with van der Waals surface area (Å²) in [5, 5.41) is 0. The number of nitrogens with one attached hydrogen (secondary N) is 1. The van der Waals surface area contributed by atoms with Crippen LogP contribution in [0.2, 0.25) is 0 Å². The highest BCUT2D eigenvalue weighted by Gasteiger charge is 2.60. The molecule has 11 heteroatoms. The minimum absolute atomic E-state index is 0.0104. The van der Waals surface area contributed by atoms with Gasteiger partial charge in [0, 0.05) is 25.6 Å². The van der Waals surface area contributed by atoms with Gasteiger partial charge in [-0.05, 0) is 11.1 Å². The molecule has 9 nitrogen and oxygen atoms in total. The van der Waals surface area contributed by atoms with Gasteiger partial charge in [0.15, 0.2) is 12.3 Å². The molecule has 1 fully saturated rings. The maximum atomic E-state index is 14.1. The third kappa shape index (κ3) is 6.60. The van der Waals surface area contributed by atoms with Gasteiger partial charge in [0.2, 0.25) is 6.43 Å². The fourth-order valence-electron chi connectivity index (χ4n) is 4.50. The monoisotopic (exact) mass is 530 g/mol. The predicted molar refractivity (Wildman–Crippen MR) is 131 cm³/mol. The number of H-pyrrole nitrogens is 1. The summed E-state index contributed by atoms with van der Waals surface area (Å²) in [5.74, 6) is -0.729. The van der Waals surface area contributed by atoms with E-state index in [1.54, 1.807) is 24.3 Å². The Bertz CT molecular complexity index is 1320. The highest BCUT2D eigenvalue weighted by molar-refractivity contribution is 5.66. The van der Waals surface area contributed by atoms with Crippen LogP contribution < -0.4 is 11.2 Å². The van der Waals surface area contributed by atoms with E-state index in [9.17, 15) is 23.2 Å². The SMILES string of the molecule is CC(=O)O[C@H]1[C@H](n2ccc(=O)[nH]c2=O)O[C@@](COCc2ccccc2)(CC(F)F)[C@H]1OCc1ccccc1. The van der Waals surface area contributed by atoms with Gasteiger partial charge in [0.1, 0.15) is 11.7 Å². The molecule has 4 atom stereocenters. The lowest BCUT2D eigenvalue weighted by Gasteiger charge is -2.34. The normalized spacial score (nSPS) is 23.0. The van der Waals surface area contributed by atoms with Crippen LogP contribution in [0.5, 0.6) is 0 Å². The summed E-state index contributed by atoms with van der Waals surface area (Å²) in [5.41, 5.74) is -1.77. The number of alkyl halides is 2. The maximum absolute atomic E-state index is 14.1. The van der Waals surface area contributed by atoms with Gasteiger partial charge in [-0.2, -0.15) is 0 Å². The number of aromatic nitrogens is 2. The molecule has 202 valence electrons. The molecular formula is C27H28F2N2O7. The lowest BCUT2D eigenvalue weighted by atomic mass is 9.91. The van der Waals surface area contributed by atoms with Crippen LogP contribution in [0.3, 0.4) is 0 Å². The van der Waals surface area contributed by atoms with Crippen molar-refractivity contribution in [3.8, 4) is 0 Å². The van der Waals surface area contributed by atoms with Gasteiger partial charge in [-0.3, -0.25) is 19.1 Å². The lowest BCUT2D eigenvalue weighted by Crippen LogP contribution is -2.50. The predicted octanol–water partition coefficient (Wildman–Crippen LogP) is 3.19. The summed E-state index contributed by atoms with van der Waals surface area (Å²) in [6, 6.07) is 19.2. The molecule has 3 aromatic rings. The largest absolute Gasteiger partial charge is 0.455 e. The van der Waals surface area contributed by atoms with Crippen molar-refractivity contribution in [2.45, 2.75) is 57.0 Å². The Morgan fingerprint density at radius 3 is 2.24 bits per heavy atom. The highest BCUT2D eigenvalue weighted by Crippen LogP contribution is 2.44. The number of hydrogen-bond donors (Lipinski definition) is 1. The number of ether oxygens (including phenoxy) is 4. The molecular weight excluding hydrogens is 502 g/mol. The van der Waals surface area contributed by atoms with Gasteiger partial charge in [0.05, 0.1) is 19.8 Å². The van der Waals surface area contributed by atoms with Crippen LogP contribution >= 0.6 is 0 Å². The van der Waals surface area contributed by atoms with Crippen LogP contribution in [0.25, 0.3) is 0 Å². The van der Waals surface area contributed by atoms with Crippen LogP contribution in [0.4, 0.5) is 8.78 Å². The van der Waals surface area contributed by atoms with Crippen LogP contribution in [0.1, 0.15) is 30.7 Å². The lowest BCUT2D eigenvalue weighted by molar-refractivity contribution is -0.175. The first-order chi connectivity index (χ1) is 18.3. The first kappa shape index (κ1) is 27.4. The number of rotatable bonds is 11. The first-order valence-corrected chi connectivity index (χ1v) is 12.0. The molecule has 0 saturated carbocycles. The molecule has 1 aliphatic heterocycles. The minimum Gasteiger partial charge on any atom is -0.455 e. The number of nitrogens with zero attached hydrogens (tertiary/aromatic N) is 1. The van der Waals surface area contributed by atoms with Crippen molar-refractivity contribution in [2.75, 3.05) is 6.61 Å². The van der Waals surface area contributed by atoms with Gasteiger partial charge in [-0.1, -0.05) is 60.7 Å². The fraction of sp³-hybridized carbons (Fsp3) is 0.370. The van der Waals surface area contributed by atoms with Crippen LogP contribution in [0.15, 0.2) is 82.5 Å². The quantitative estimate of drug-likeness (QED) is 0.379.